The maximum absolute atomic E-state index is 10.3. The van der Waals surface area contributed by atoms with E-state index in [0.717, 1.165) is 18.0 Å². The summed E-state index contributed by atoms with van der Waals surface area (Å²) in [5.74, 6) is 0.805. The van der Waals surface area contributed by atoms with Crippen molar-refractivity contribution in [3.05, 3.63) is 53.6 Å². The van der Waals surface area contributed by atoms with Gasteiger partial charge in [0.25, 0.3) is 0 Å². The quantitative estimate of drug-likeness (QED) is 0.784. The Bertz CT molecular complexity index is 566. The van der Waals surface area contributed by atoms with E-state index < -0.39 is 6.10 Å². The molecule has 0 aromatic heterocycles. The van der Waals surface area contributed by atoms with Crippen LogP contribution in [0.3, 0.4) is 0 Å². The molecule has 0 radical (unpaired) electrons. The molecule has 20 heavy (non-hydrogen) atoms. The lowest BCUT2D eigenvalue weighted by Gasteiger charge is -2.15. The molecule has 0 bridgehead atoms. The Labute approximate surface area is 118 Å². The molecule has 0 saturated carbocycles. The Morgan fingerprint density at radius 3 is 2.40 bits per heavy atom. The van der Waals surface area contributed by atoms with E-state index in [2.05, 4.69) is 5.32 Å². The topological polar surface area (TPSA) is 61.7 Å². The summed E-state index contributed by atoms with van der Waals surface area (Å²) in [5, 5.41) is 23.5. The van der Waals surface area contributed by atoms with Crippen molar-refractivity contribution in [1.29, 1.82) is 0 Å². The highest BCUT2D eigenvalue weighted by Gasteiger charge is 2.15. The molecular formula is C16H19NO3. The van der Waals surface area contributed by atoms with Gasteiger partial charge in [-0.05, 0) is 30.7 Å². The molecule has 1 atom stereocenters. The van der Waals surface area contributed by atoms with Crippen molar-refractivity contribution in [1.82, 2.24) is 0 Å². The molecule has 106 valence electrons. The molecule has 0 fully saturated rings. The fraction of sp³-hybridized carbons (Fsp3) is 0.250. The first-order valence-corrected chi connectivity index (χ1v) is 6.54. The zero-order valence-corrected chi connectivity index (χ0v) is 11.6. The maximum Gasteiger partial charge on any atom is 0.123 e. The predicted molar refractivity (Wildman–Crippen MR) is 79.3 cm³/mol. The zero-order chi connectivity index (χ0) is 14.5. The standard InChI is InChI=1S/C16H19NO3/c1-3-17-12-6-9-14(15(18)10-12)16(19)11-4-7-13(20-2)8-5-11/h4-10,16-19H,3H2,1-2H3. The van der Waals surface area contributed by atoms with Crippen molar-refractivity contribution < 1.29 is 14.9 Å². The van der Waals surface area contributed by atoms with Gasteiger partial charge in [-0.25, -0.2) is 0 Å². The minimum absolute atomic E-state index is 0.0757. The minimum Gasteiger partial charge on any atom is -0.507 e. The molecule has 0 heterocycles. The van der Waals surface area contributed by atoms with Crippen LogP contribution in [-0.4, -0.2) is 23.9 Å². The van der Waals surface area contributed by atoms with E-state index in [4.69, 9.17) is 4.74 Å². The fourth-order valence-electron chi connectivity index (χ4n) is 2.05. The van der Waals surface area contributed by atoms with Gasteiger partial charge in [-0.1, -0.05) is 18.2 Å². The van der Waals surface area contributed by atoms with Crippen molar-refractivity contribution in [3.63, 3.8) is 0 Å². The van der Waals surface area contributed by atoms with Gasteiger partial charge >= 0.3 is 0 Å². The molecule has 2 aromatic carbocycles. The monoisotopic (exact) mass is 273 g/mol. The third kappa shape index (κ3) is 3.03. The van der Waals surface area contributed by atoms with Gasteiger partial charge in [-0.3, -0.25) is 0 Å². The molecule has 0 spiro atoms. The van der Waals surface area contributed by atoms with Crippen LogP contribution in [0.2, 0.25) is 0 Å². The van der Waals surface area contributed by atoms with Gasteiger partial charge in [0.1, 0.15) is 17.6 Å². The number of rotatable bonds is 5. The Morgan fingerprint density at radius 1 is 1.15 bits per heavy atom. The Hall–Kier alpha value is -2.20. The van der Waals surface area contributed by atoms with E-state index in [1.54, 1.807) is 43.5 Å². The van der Waals surface area contributed by atoms with Crippen LogP contribution < -0.4 is 10.1 Å². The van der Waals surface area contributed by atoms with Gasteiger partial charge in [0.05, 0.1) is 7.11 Å². The summed E-state index contributed by atoms with van der Waals surface area (Å²) in [7, 11) is 1.59. The van der Waals surface area contributed by atoms with E-state index in [0.29, 0.717) is 11.1 Å². The van der Waals surface area contributed by atoms with Crippen molar-refractivity contribution >= 4 is 5.69 Å². The largest absolute Gasteiger partial charge is 0.507 e. The van der Waals surface area contributed by atoms with Crippen LogP contribution in [0.1, 0.15) is 24.2 Å². The number of phenolic OH excluding ortho intramolecular Hbond substituents is 1. The van der Waals surface area contributed by atoms with Gasteiger partial charge in [0, 0.05) is 23.9 Å². The van der Waals surface area contributed by atoms with E-state index >= 15 is 0 Å². The Balaban J connectivity index is 2.25. The number of aromatic hydroxyl groups is 1. The number of methoxy groups -OCH3 is 1. The lowest BCUT2D eigenvalue weighted by molar-refractivity contribution is 0.215. The summed E-state index contributed by atoms with van der Waals surface area (Å²) in [6, 6.07) is 12.3. The second-order valence-electron chi connectivity index (χ2n) is 4.48. The van der Waals surface area contributed by atoms with Gasteiger partial charge in [0.2, 0.25) is 0 Å². The summed E-state index contributed by atoms with van der Waals surface area (Å²) >= 11 is 0. The minimum atomic E-state index is -0.864. The van der Waals surface area contributed by atoms with Gasteiger partial charge in [-0.15, -0.1) is 0 Å². The normalized spacial score (nSPS) is 11.9. The van der Waals surface area contributed by atoms with E-state index in [9.17, 15) is 10.2 Å². The smallest absolute Gasteiger partial charge is 0.123 e. The van der Waals surface area contributed by atoms with Gasteiger partial charge in [0.15, 0.2) is 0 Å². The van der Waals surface area contributed by atoms with Crippen molar-refractivity contribution in [2.24, 2.45) is 0 Å². The number of aliphatic hydroxyl groups excluding tert-OH is 1. The molecule has 0 amide bonds. The average Bonchev–Trinajstić information content (AvgIpc) is 2.47. The van der Waals surface area contributed by atoms with E-state index in [-0.39, 0.29) is 5.75 Å². The molecule has 2 aromatic rings. The van der Waals surface area contributed by atoms with Crippen LogP contribution in [0.15, 0.2) is 42.5 Å². The summed E-state index contributed by atoms with van der Waals surface area (Å²) in [6.07, 6.45) is -0.864. The number of nitrogens with one attached hydrogen (secondary N) is 1. The Kier molecular flexibility index (Phi) is 4.48. The van der Waals surface area contributed by atoms with E-state index in [1.165, 1.54) is 0 Å². The van der Waals surface area contributed by atoms with Crippen molar-refractivity contribution in [3.8, 4) is 11.5 Å². The van der Waals surface area contributed by atoms with Crippen LogP contribution in [-0.2, 0) is 0 Å². The number of anilines is 1. The van der Waals surface area contributed by atoms with Crippen LogP contribution in [0.25, 0.3) is 0 Å². The summed E-state index contributed by atoms with van der Waals surface area (Å²) in [4.78, 5) is 0. The summed E-state index contributed by atoms with van der Waals surface area (Å²) < 4.78 is 5.08. The van der Waals surface area contributed by atoms with E-state index in [1.807, 2.05) is 13.0 Å². The lowest BCUT2D eigenvalue weighted by Crippen LogP contribution is -2.02. The molecule has 1 unspecified atom stereocenters. The molecule has 0 aliphatic heterocycles. The number of aliphatic hydroxyl groups is 1. The van der Waals surface area contributed by atoms with Crippen molar-refractivity contribution in [2.75, 3.05) is 19.0 Å². The van der Waals surface area contributed by atoms with Crippen molar-refractivity contribution in [2.45, 2.75) is 13.0 Å². The summed E-state index contributed by atoms with van der Waals surface area (Å²) in [5.41, 5.74) is 2.02. The Morgan fingerprint density at radius 2 is 1.85 bits per heavy atom. The molecule has 4 heteroatoms. The first kappa shape index (κ1) is 14.2. The third-order valence-electron chi connectivity index (χ3n) is 3.14. The highest BCUT2D eigenvalue weighted by atomic mass is 16.5. The van der Waals surface area contributed by atoms with Gasteiger partial charge < -0.3 is 20.3 Å². The number of phenols is 1. The number of hydrogen-bond acceptors (Lipinski definition) is 4. The summed E-state index contributed by atoms with van der Waals surface area (Å²) in [6.45, 7) is 2.76. The molecular weight excluding hydrogens is 254 g/mol. The molecule has 0 aliphatic rings. The molecule has 0 saturated heterocycles. The molecule has 2 rings (SSSR count). The third-order valence-corrected chi connectivity index (χ3v) is 3.14. The average molecular weight is 273 g/mol. The second kappa shape index (κ2) is 6.30. The lowest BCUT2D eigenvalue weighted by atomic mass is 10.00. The first-order valence-electron chi connectivity index (χ1n) is 6.54. The SMILES string of the molecule is CCNc1ccc(C(O)c2ccc(OC)cc2)c(O)c1. The molecule has 3 N–H and O–H groups in total. The predicted octanol–water partition coefficient (Wildman–Crippen LogP) is 2.91. The van der Waals surface area contributed by atoms with Gasteiger partial charge in [-0.2, -0.15) is 0 Å². The number of hydrogen-bond donors (Lipinski definition) is 3. The number of ether oxygens (including phenoxy) is 1. The highest BCUT2D eigenvalue weighted by molar-refractivity contribution is 5.53. The molecule has 4 nitrogen and oxygen atoms in total. The van der Waals surface area contributed by atoms with Crippen LogP contribution in [0.4, 0.5) is 5.69 Å². The fourth-order valence-corrected chi connectivity index (χ4v) is 2.05. The van der Waals surface area contributed by atoms with Crippen LogP contribution in [0, 0.1) is 0 Å². The highest BCUT2D eigenvalue weighted by Crippen LogP contribution is 2.32. The molecule has 0 aliphatic carbocycles. The number of benzene rings is 2. The maximum atomic E-state index is 10.3. The first-order chi connectivity index (χ1) is 9.65. The zero-order valence-electron chi connectivity index (χ0n) is 11.6. The second-order valence-corrected chi connectivity index (χ2v) is 4.48. The van der Waals surface area contributed by atoms with Crippen LogP contribution >= 0.6 is 0 Å². The van der Waals surface area contributed by atoms with Crippen LogP contribution in [0.5, 0.6) is 11.5 Å².